The second-order valence-electron chi connectivity index (χ2n) is 6.40. The van der Waals surface area contributed by atoms with Crippen LogP contribution in [0.25, 0.3) is 0 Å². The van der Waals surface area contributed by atoms with Gasteiger partial charge in [-0.05, 0) is 37.1 Å². The second-order valence-corrected chi connectivity index (χ2v) is 6.84. The van der Waals surface area contributed by atoms with E-state index in [2.05, 4.69) is 10.6 Å². The van der Waals surface area contributed by atoms with E-state index >= 15 is 0 Å². The van der Waals surface area contributed by atoms with E-state index in [-0.39, 0.29) is 18.4 Å². The van der Waals surface area contributed by atoms with Crippen LogP contribution in [0.1, 0.15) is 55.3 Å². The summed E-state index contributed by atoms with van der Waals surface area (Å²) in [7, 11) is 0. The smallest absolute Gasteiger partial charge is 0.251 e. The molecule has 4 N–H and O–H groups in total. The maximum absolute atomic E-state index is 12.5. The quantitative estimate of drug-likeness (QED) is 0.673. The van der Waals surface area contributed by atoms with Crippen LogP contribution in [0.4, 0.5) is 0 Å². The molecule has 0 spiro atoms. The van der Waals surface area contributed by atoms with Crippen LogP contribution in [0.5, 0.6) is 0 Å². The van der Waals surface area contributed by atoms with Crippen molar-refractivity contribution in [1.29, 1.82) is 0 Å². The monoisotopic (exact) mass is 365 g/mol. The van der Waals surface area contributed by atoms with Gasteiger partial charge in [-0.2, -0.15) is 0 Å². The standard InChI is InChI=1S/C18H24ClN3O3/c19-13-9-7-12(8-10-13)17(24)22-15(11-16(20)23)18(25)21-14-5-3-1-2-4-6-14/h7-10,14-15H,1-6,11H2,(H2,20,23)(H,21,25)(H,22,24)/t15-/m0/s1. The number of carbonyl (C=O) groups excluding carboxylic acids is 3. The highest BCUT2D eigenvalue weighted by molar-refractivity contribution is 6.30. The van der Waals surface area contributed by atoms with E-state index in [1.807, 2.05) is 0 Å². The summed E-state index contributed by atoms with van der Waals surface area (Å²) in [5.74, 6) is -1.45. The molecule has 25 heavy (non-hydrogen) atoms. The molecule has 1 aliphatic carbocycles. The number of carbonyl (C=O) groups is 3. The first-order valence-electron chi connectivity index (χ1n) is 8.61. The minimum atomic E-state index is -0.982. The summed E-state index contributed by atoms with van der Waals surface area (Å²) in [6.07, 6.45) is 6.08. The van der Waals surface area contributed by atoms with Crippen molar-refractivity contribution in [2.24, 2.45) is 5.73 Å². The molecule has 1 saturated carbocycles. The van der Waals surface area contributed by atoms with Gasteiger partial charge in [0.15, 0.2) is 0 Å². The summed E-state index contributed by atoms with van der Waals surface area (Å²) in [4.78, 5) is 36.1. The number of benzene rings is 1. The number of hydrogen-bond acceptors (Lipinski definition) is 3. The summed E-state index contributed by atoms with van der Waals surface area (Å²) in [6, 6.07) is 5.39. The Hall–Kier alpha value is -2.08. The van der Waals surface area contributed by atoms with Gasteiger partial charge in [-0.15, -0.1) is 0 Å². The van der Waals surface area contributed by atoms with Crippen LogP contribution < -0.4 is 16.4 Å². The van der Waals surface area contributed by atoms with E-state index in [1.54, 1.807) is 24.3 Å². The van der Waals surface area contributed by atoms with Gasteiger partial charge in [0.05, 0.1) is 6.42 Å². The van der Waals surface area contributed by atoms with Crippen LogP contribution in [-0.2, 0) is 9.59 Å². The Morgan fingerprint density at radius 1 is 1.08 bits per heavy atom. The molecular formula is C18H24ClN3O3. The average Bonchev–Trinajstić information content (AvgIpc) is 2.83. The molecule has 1 aliphatic rings. The van der Waals surface area contributed by atoms with Crippen LogP contribution in [-0.4, -0.2) is 29.8 Å². The number of rotatable bonds is 6. The summed E-state index contributed by atoms with van der Waals surface area (Å²) in [5.41, 5.74) is 5.60. The minimum Gasteiger partial charge on any atom is -0.370 e. The largest absolute Gasteiger partial charge is 0.370 e. The SMILES string of the molecule is NC(=O)C[C@H](NC(=O)c1ccc(Cl)cc1)C(=O)NC1CCCCCC1. The van der Waals surface area contributed by atoms with Crippen molar-refractivity contribution in [3.8, 4) is 0 Å². The molecule has 0 unspecified atom stereocenters. The molecule has 0 aromatic heterocycles. The Balaban J connectivity index is 2.01. The molecule has 1 aromatic rings. The van der Waals surface area contributed by atoms with Crippen LogP contribution in [0.2, 0.25) is 5.02 Å². The highest BCUT2D eigenvalue weighted by Crippen LogP contribution is 2.17. The molecule has 0 aliphatic heterocycles. The van der Waals surface area contributed by atoms with Gasteiger partial charge in [0.2, 0.25) is 11.8 Å². The summed E-state index contributed by atoms with van der Waals surface area (Å²) >= 11 is 5.81. The molecule has 1 fully saturated rings. The molecule has 7 heteroatoms. The Morgan fingerprint density at radius 2 is 1.68 bits per heavy atom. The fourth-order valence-electron chi connectivity index (χ4n) is 2.98. The van der Waals surface area contributed by atoms with E-state index in [1.165, 1.54) is 12.8 Å². The predicted octanol–water partition coefficient (Wildman–Crippen LogP) is 2.15. The third-order valence-corrected chi connectivity index (χ3v) is 4.59. The lowest BCUT2D eigenvalue weighted by Gasteiger charge is -2.22. The van der Waals surface area contributed by atoms with Crippen LogP contribution >= 0.6 is 11.6 Å². The third kappa shape index (κ3) is 6.38. The van der Waals surface area contributed by atoms with E-state index in [0.717, 1.165) is 25.7 Å². The van der Waals surface area contributed by atoms with Gasteiger partial charge in [0, 0.05) is 16.6 Å². The number of amides is 3. The Morgan fingerprint density at radius 3 is 2.24 bits per heavy atom. The van der Waals surface area contributed by atoms with E-state index in [0.29, 0.717) is 10.6 Å². The Labute approximate surface area is 152 Å². The van der Waals surface area contributed by atoms with E-state index in [4.69, 9.17) is 17.3 Å². The number of primary amides is 1. The van der Waals surface area contributed by atoms with Crippen LogP contribution in [0, 0.1) is 0 Å². The zero-order valence-electron chi connectivity index (χ0n) is 14.1. The Bertz CT molecular complexity index is 610. The van der Waals surface area contributed by atoms with Gasteiger partial charge in [-0.3, -0.25) is 14.4 Å². The molecular weight excluding hydrogens is 342 g/mol. The van der Waals surface area contributed by atoms with Crippen molar-refractivity contribution < 1.29 is 14.4 Å². The summed E-state index contributed by atoms with van der Waals surface area (Å²) in [6.45, 7) is 0. The maximum atomic E-state index is 12.5. The van der Waals surface area contributed by atoms with Gasteiger partial charge in [0.1, 0.15) is 6.04 Å². The number of nitrogens with two attached hydrogens (primary N) is 1. The van der Waals surface area contributed by atoms with Crippen molar-refractivity contribution in [2.45, 2.75) is 57.0 Å². The van der Waals surface area contributed by atoms with Gasteiger partial charge >= 0.3 is 0 Å². The second kappa shape index (κ2) is 9.42. The van der Waals surface area contributed by atoms with Gasteiger partial charge in [-0.25, -0.2) is 0 Å². The highest BCUT2D eigenvalue weighted by atomic mass is 35.5. The first-order chi connectivity index (χ1) is 12.0. The van der Waals surface area contributed by atoms with E-state index < -0.39 is 17.9 Å². The highest BCUT2D eigenvalue weighted by Gasteiger charge is 2.25. The van der Waals surface area contributed by atoms with Crippen molar-refractivity contribution in [2.75, 3.05) is 0 Å². The zero-order chi connectivity index (χ0) is 18.2. The van der Waals surface area contributed by atoms with Crippen molar-refractivity contribution in [1.82, 2.24) is 10.6 Å². The molecule has 136 valence electrons. The van der Waals surface area contributed by atoms with Crippen molar-refractivity contribution in [3.05, 3.63) is 34.9 Å². The van der Waals surface area contributed by atoms with Crippen LogP contribution in [0.3, 0.4) is 0 Å². The van der Waals surface area contributed by atoms with Crippen LogP contribution in [0.15, 0.2) is 24.3 Å². The Kier molecular flexibility index (Phi) is 7.25. The van der Waals surface area contributed by atoms with Gasteiger partial charge in [0.25, 0.3) is 5.91 Å². The zero-order valence-corrected chi connectivity index (χ0v) is 14.8. The summed E-state index contributed by atoms with van der Waals surface area (Å²) in [5, 5.41) is 6.05. The lowest BCUT2D eigenvalue weighted by molar-refractivity contribution is -0.127. The molecule has 0 saturated heterocycles. The van der Waals surface area contributed by atoms with Gasteiger partial charge in [-0.1, -0.05) is 37.3 Å². The number of hydrogen-bond donors (Lipinski definition) is 3. The molecule has 0 bridgehead atoms. The predicted molar refractivity (Wildman–Crippen MR) is 96.2 cm³/mol. The first kappa shape index (κ1) is 19.2. The molecule has 0 radical (unpaired) electrons. The molecule has 6 nitrogen and oxygen atoms in total. The molecule has 3 amide bonds. The fraction of sp³-hybridized carbons (Fsp3) is 0.500. The molecule has 1 atom stereocenters. The van der Waals surface area contributed by atoms with Crippen molar-refractivity contribution in [3.63, 3.8) is 0 Å². The third-order valence-electron chi connectivity index (χ3n) is 4.34. The number of halogens is 1. The molecule has 0 heterocycles. The fourth-order valence-corrected chi connectivity index (χ4v) is 3.10. The van der Waals surface area contributed by atoms with E-state index in [9.17, 15) is 14.4 Å². The normalized spacial score (nSPS) is 16.5. The van der Waals surface area contributed by atoms with Crippen molar-refractivity contribution >= 4 is 29.3 Å². The summed E-state index contributed by atoms with van der Waals surface area (Å²) < 4.78 is 0. The first-order valence-corrected chi connectivity index (χ1v) is 8.98. The number of nitrogens with one attached hydrogen (secondary N) is 2. The lowest BCUT2D eigenvalue weighted by atomic mass is 10.1. The topological polar surface area (TPSA) is 101 Å². The average molecular weight is 366 g/mol. The molecule has 2 rings (SSSR count). The minimum absolute atomic E-state index is 0.0813. The van der Waals surface area contributed by atoms with Gasteiger partial charge < -0.3 is 16.4 Å². The maximum Gasteiger partial charge on any atom is 0.251 e. The molecule has 1 aromatic carbocycles. The lowest BCUT2D eigenvalue weighted by Crippen LogP contribution is -2.51.